The van der Waals surface area contributed by atoms with E-state index in [4.69, 9.17) is 5.73 Å². The van der Waals surface area contributed by atoms with Gasteiger partial charge in [-0.25, -0.2) is 9.78 Å². The number of nitrogens with two attached hydrogens (primary N) is 1. The highest BCUT2D eigenvalue weighted by Gasteiger charge is 2.03. The van der Waals surface area contributed by atoms with E-state index in [2.05, 4.69) is 10.3 Å². The molecule has 0 saturated carbocycles. The number of aromatic nitrogens is 1. The van der Waals surface area contributed by atoms with E-state index in [1.54, 1.807) is 26.4 Å². The van der Waals surface area contributed by atoms with Crippen molar-refractivity contribution in [2.24, 2.45) is 5.73 Å². The summed E-state index contributed by atoms with van der Waals surface area (Å²) < 4.78 is 0. The van der Waals surface area contributed by atoms with Crippen molar-refractivity contribution in [2.45, 2.75) is 6.54 Å². The van der Waals surface area contributed by atoms with E-state index in [0.717, 1.165) is 5.56 Å². The van der Waals surface area contributed by atoms with Gasteiger partial charge in [0.15, 0.2) is 0 Å². The van der Waals surface area contributed by atoms with Crippen LogP contribution in [0.1, 0.15) is 5.56 Å². The monoisotopic (exact) mass is 230 g/mol. The third-order valence-corrected chi connectivity index (χ3v) is 1.70. The van der Waals surface area contributed by atoms with Gasteiger partial charge in [0.25, 0.3) is 0 Å². The van der Waals surface area contributed by atoms with Crippen LogP contribution in [0.4, 0.5) is 10.6 Å². The van der Waals surface area contributed by atoms with Gasteiger partial charge in [0.2, 0.25) is 0 Å². The van der Waals surface area contributed by atoms with Gasteiger partial charge in [-0.2, -0.15) is 0 Å². The maximum absolute atomic E-state index is 11.2. The predicted molar refractivity (Wildman–Crippen MR) is 62.1 cm³/mol. The number of carbonyl (C=O) groups excluding carboxylic acids is 1. The van der Waals surface area contributed by atoms with E-state index < -0.39 is 0 Å². The van der Waals surface area contributed by atoms with Gasteiger partial charge in [-0.05, 0) is 11.6 Å². The van der Waals surface area contributed by atoms with Gasteiger partial charge in [-0.15, -0.1) is 12.4 Å². The number of urea groups is 1. The Kier molecular flexibility index (Phi) is 5.66. The van der Waals surface area contributed by atoms with E-state index in [1.807, 2.05) is 6.07 Å². The van der Waals surface area contributed by atoms with Crippen LogP contribution in [0.5, 0.6) is 0 Å². The molecule has 15 heavy (non-hydrogen) atoms. The zero-order chi connectivity index (χ0) is 10.6. The van der Waals surface area contributed by atoms with E-state index in [1.165, 1.54) is 4.90 Å². The largest absolute Gasteiger partial charge is 0.331 e. The predicted octanol–water partition coefficient (Wildman–Crippen LogP) is 1.06. The summed E-state index contributed by atoms with van der Waals surface area (Å²) in [5, 5.41) is 2.63. The number of amides is 2. The lowest BCUT2D eigenvalue weighted by Gasteiger charge is -2.11. The number of nitrogens with one attached hydrogen (secondary N) is 1. The maximum atomic E-state index is 11.2. The molecule has 3 N–H and O–H groups in total. The lowest BCUT2D eigenvalue weighted by molar-refractivity contribution is 0.230. The molecule has 0 fully saturated rings. The number of halogens is 1. The molecule has 0 unspecified atom stereocenters. The summed E-state index contributed by atoms with van der Waals surface area (Å²) in [6.07, 6.45) is 1.64. The quantitative estimate of drug-likeness (QED) is 0.798. The molecule has 1 rings (SSSR count). The summed E-state index contributed by atoms with van der Waals surface area (Å²) in [4.78, 5) is 16.7. The Morgan fingerprint density at radius 2 is 2.20 bits per heavy atom. The lowest BCUT2D eigenvalue weighted by atomic mass is 10.3. The summed E-state index contributed by atoms with van der Waals surface area (Å²) in [7, 11) is 3.34. The average Bonchev–Trinajstić information content (AvgIpc) is 2.19. The Labute approximate surface area is 95.1 Å². The van der Waals surface area contributed by atoms with E-state index in [9.17, 15) is 4.79 Å². The molecule has 0 aliphatic heterocycles. The number of pyridine rings is 1. The van der Waals surface area contributed by atoms with Crippen LogP contribution in [0, 0.1) is 0 Å². The normalized spacial score (nSPS) is 9.00. The van der Waals surface area contributed by atoms with Crippen molar-refractivity contribution in [1.82, 2.24) is 9.88 Å². The Morgan fingerprint density at radius 1 is 1.53 bits per heavy atom. The maximum Gasteiger partial charge on any atom is 0.322 e. The summed E-state index contributed by atoms with van der Waals surface area (Å²) in [5.41, 5.74) is 6.35. The average molecular weight is 231 g/mol. The molecule has 0 aliphatic carbocycles. The van der Waals surface area contributed by atoms with Crippen molar-refractivity contribution < 1.29 is 4.79 Å². The van der Waals surface area contributed by atoms with Crippen molar-refractivity contribution in [2.75, 3.05) is 19.4 Å². The topological polar surface area (TPSA) is 71.2 Å². The second-order valence-electron chi connectivity index (χ2n) is 3.08. The van der Waals surface area contributed by atoms with Crippen LogP contribution < -0.4 is 11.1 Å². The molecule has 0 aliphatic rings. The summed E-state index contributed by atoms with van der Waals surface area (Å²) in [5.74, 6) is 0.529. The van der Waals surface area contributed by atoms with Crippen LogP contribution in [0.3, 0.4) is 0 Å². The fourth-order valence-electron chi connectivity index (χ4n) is 0.841. The second-order valence-corrected chi connectivity index (χ2v) is 3.08. The first-order chi connectivity index (χ1) is 6.63. The van der Waals surface area contributed by atoms with E-state index >= 15 is 0 Å². The SMILES string of the molecule is CN(C)C(=O)Nc1ccc(CN)cn1.Cl. The minimum Gasteiger partial charge on any atom is -0.331 e. The van der Waals surface area contributed by atoms with Crippen molar-refractivity contribution in [3.63, 3.8) is 0 Å². The second kappa shape index (κ2) is 6.21. The number of hydrogen-bond acceptors (Lipinski definition) is 3. The minimum absolute atomic E-state index is 0. The van der Waals surface area contributed by atoms with Gasteiger partial charge >= 0.3 is 6.03 Å². The van der Waals surface area contributed by atoms with Crippen molar-refractivity contribution in [3.05, 3.63) is 23.9 Å². The zero-order valence-corrected chi connectivity index (χ0v) is 9.54. The van der Waals surface area contributed by atoms with Gasteiger partial charge in [0, 0.05) is 26.8 Å². The molecule has 0 atom stereocenters. The van der Waals surface area contributed by atoms with Crippen molar-refractivity contribution in [1.29, 1.82) is 0 Å². The Balaban J connectivity index is 0.00000196. The Hall–Kier alpha value is -1.33. The van der Waals surface area contributed by atoms with Crippen LogP contribution in [0.2, 0.25) is 0 Å². The molecule has 0 radical (unpaired) electrons. The van der Waals surface area contributed by atoms with Crippen LogP contribution in [0.15, 0.2) is 18.3 Å². The number of carbonyl (C=O) groups is 1. The molecule has 0 bridgehead atoms. The van der Waals surface area contributed by atoms with Crippen molar-refractivity contribution >= 4 is 24.3 Å². The van der Waals surface area contributed by atoms with Crippen LogP contribution >= 0.6 is 12.4 Å². The van der Waals surface area contributed by atoms with Crippen molar-refractivity contribution in [3.8, 4) is 0 Å². The van der Waals surface area contributed by atoms with Gasteiger partial charge in [0.1, 0.15) is 5.82 Å². The van der Waals surface area contributed by atoms with Gasteiger partial charge in [-0.1, -0.05) is 6.07 Å². The minimum atomic E-state index is -0.196. The summed E-state index contributed by atoms with van der Waals surface area (Å²) >= 11 is 0. The molecule has 5 nitrogen and oxygen atoms in total. The molecule has 1 aromatic heterocycles. The number of rotatable bonds is 2. The van der Waals surface area contributed by atoms with Crippen LogP contribution in [0.25, 0.3) is 0 Å². The molecular formula is C9H15ClN4O. The molecule has 6 heteroatoms. The van der Waals surface area contributed by atoms with E-state index in [0.29, 0.717) is 12.4 Å². The zero-order valence-electron chi connectivity index (χ0n) is 8.73. The highest BCUT2D eigenvalue weighted by Crippen LogP contribution is 2.04. The molecular weight excluding hydrogens is 216 g/mol. The highest BCUT2D eigenvalue weighted by atomic mass is 35.5. The fourth-order valence-corrected chi connectivity index (χ4v) is 0.841. The Bertz CT molecular complexity index is 312. The van der Waals surface area contributed by atoms with Gasteiger partial charge in [-0.3, -0.25) is 5.32 Å². The lowest BCUT2D eigenvalue weighted by Crippen LogP contribution is -2.27. The molecule has 1 aromatic rings. The van der Waals surface area contributed by atoms with E-state index in [-0.39, 0.29) is 18.4 Å². The highest BCUT2D eigenvalue weighted by molar-refractivity contribution is 5.87. The number of nitrogens with zero attached hydrogens (tertiary/aromatic N) is 2. The first-order valence-electron chi connectivity index (χ1n) is 4.27. The summed E-state index contributed by atoms with van der Waals surface area (Å²) in [6.45, 7) is 0.453. The number of anilines is 1. The molecule has 84 valence electrons. The third kappa shape index (κ3) is 4.14. The van der Waals surface area contributed by atoms with Gasteiger partial charge in [0.05, 0.1) is 0 Å². The fraction of sp³-hybridized carbons (Fsp3) is 0.333. The molecule has 1 heterocycles. The number of hydrogen-bond donors (Lipinski definition) is 2. The third-order valence-electron chi connectivity index (χ3n) is 1.70. The molecule has 0 saturated heterocycles. The van der Waals surface area contributed by atoms with Crippen LogP contribution in [-0.4, -0.2) is 30.0 Å². The molecule has 0 aromatic carbocycles. The molecule has 2 amide bonds. The Morgan fingerprint density at radius 3 is 2.60 bits per heavy atom. The first-order valence-corrected chi connectivity index (χ1v) is 4.27. The molecule has 0 spiro atoms. The smallest absolute Gasteiger partial charge is 0.322 e. The first kappa shape index (κ1) is 13.7. The van der Waals surface area contributed by atoms with Gasteiger partial charge < -0.3 is 10.6 Å². The standard InChI is InChI=1S/C9H14N4O.ClH/c1-13(2)9(14)12-8-4-3-7(5-10)6-11-8;/h3-4,6H,5,10H2,1-2H3,(H,11,12,14);1H. The summed E-state index contributed by atoms with van der Waals surface area (Å²) in [6, 6.07) is 3.36. The van der Waals surface area contributed by atoms with Crippen LogP contribution in [-0.2, 0) is 6.54 Å².